The quantitative estimate of drug-likeness (QED) is 0.732. The predicted octanol–water partition coefficient (Wildman–Crippen LogP) is 0.855. The fourth-order valence-electron chi connectivity index (χ4n) is 2.38. The van der Waals surface area contributed by atoms with Crippen molar-refractivity contribution in [2.75, 3.05) is 0 Å². The van der Waals surface area contributed by atoms with Gasteiger partial charge in [0.25, 0.3) is 5.56 Å². The van der Waals surface area contributed by atoms with Crippen molar-refractivity contribution in [3.63, 3.8) is 0 Å². The monoisotopic (exact) mass is 282 g/mol. The molecule has 3 aromatic heterocycles. The SMILES string of the molecule is CC(C)C=c1[nH]c(=Cc2c[nH]c3ncccc23)c(=O)n1C. The van der Waals surface area contributed by atoms with Crippen molar-refractivity contribution >= 4 is 23.2 Å². The van der Waals surface area contributed by atoms with Gasteiger partial charge in [0, 0.05) is 30.4 Å². The van der Waals surface area contributed by atoms with E-state index in [1.807, 2.05) is 30.5 Å². The molecule has 0 radical (unpaired) electrons. The van der Waals surface area contributed by atoms with E-state index >= 15 is 0 Å². The highest BCUT2D eigenvalue weighted by atomic mass is 16.1. The van der Waals surface area contributed by atoms with Gasteiger partial charge >= 0.3 is 0 Å². The third-order valence-corrected chi connectivity index (χ3v) is 3.43. The smallest absolute Gasteiger partial charge is 0.275 e. The maximum Gasteiger partial charge on any atom is 0.275 e. The van der Waals surface area contributed by atoms with Crippen molar-refractivity contribution in [1.82, 2.24) is 19.5 Å². The summed E-state index contributed by atoms with van der Waals surface area (Å²) in [5.41, 5.74) is 2.58. The van der Waals surface area contributed by atoms with Gasteiger partial charge in [-0.15, -0.1) is 0 Å². The van der Waals surface area contributed by atoms with E-state index in [2.05, 4.69) is 28.8 Å². The van der Waals surface area contributed by atoms with Gasteiger partial charge in [0.1, 0.15) is 16.5 Å². The summed E-state index contributed by atoms with van der Waals surface area (Å²) in [4.78, 5) is 22.8. The topological polar surface area (TPSA) is 66.5 Å². The minimum Gasteiger partial charge on any atom is -0.346 e. The molecule has 0 bridgehead atoms. The summed E-state index contributed by atoms with van der Waals surface area (Å²) in [5, 5.41) is 1.58. The zero-order valence-electron chi connectivity index (χ0n) is 12.3. The zero-order valence-corrected chi connectivity index (χ0v) is 12.3. The second-order valence-electron chi connectivity index (χ2n) is 5.49. The van der Waals surface area contributed by atoms with Gasteiger partial charge in [0.15, 0.2) is 0 Å². The molecule has 5 heteroatoms. The van der Waals surface area contributed by atoms with Crippen LogP contribution in [0.3, 0.4) is 0 Å². The van der Waals surface area contributed by atoms with Crippen LogP contribution in [0.15, 0.2) is 29.3 Å². The standard InChI is InChI=1S/C16H18N4O/c1-10(2)7-14-19-13(16(21)20(14)3)8-11-9-18-15-12(11)5-4-6-17-15/h4-10,19H,1-3H3,(H,17,18). The molecule has 2 N–H and O–H groups in total. The van der Waals surface area contributed by atoms with Gasteiger partial charge in [-0.3, -0.25) is 9.36 Å². The van der Waals surface area contributed by atoms with Crippen LogP contribution in [0.2, 0.25) is 0 Å². The number of nitrogens with zero attached hydrogens (tertiary/aromatic N) is 2. The van der Waals surface area contributed by atoms with Crippen molar-refractivity contribution in [2.45, 2.75) is 13.8 Å². The van der Waals surface area contributed by atoms with Gasteiger partial charge in [-0.2, -0.15) is 0 Å². The lowest BCUT2D eigenvalue weighted by atomic mass is 10.2. The number of rotatable bonds is 2. The van der Waals surface area contributed by atoms with E-state index in [0.717, 1.165) is 22.1 Å². The molecule has 0 aliphatic rings. The molecule has 0 amide bonds. The van der Waals surface area contributed by atoms with Crippen LogP contribution >= 0.6 is 0 Å². The normalized spacial score (nSPS) is 13.7. The number of hydrogen-bond donors (Lipinski definition) is 2. The van der Waals surface area contributed by atoms with Crippen LogP contribution in [0.1, 0.15) is 19.4 Å². The van der Waals surface area contributed by atoms with Crippen molar-refractivity contribution < 1.29 is 0 Å². The van der Waals surface area contributed by atoms with Crippen molar-refractivity contribution in [3.05, 3.63) is 51.3 Å². The molecule has 108 valence electrons. The van der Waals surface area contributed by atoms with E-state index < -0.39 is 0 Å². The summed E-state index contributed by atoms with van der Waals surface area (Å²) in [6.45, 7) is 4.17. The van der Waals surface area contributed by atoms with Crippen LogP contribution in [-0.4, -0.2) is 19.5 Å². The Kier molecular flexibility index (Phi) is 3.25. The molecule has 3 rings (SSSR count). The van der Waals surface area contributed by atoms with Crippen LogP contribution in [0.4, 0.5) is 0 Å². The molecule has 3 heterocycles. The van der Waals surface area contributed by atoms with Crippen molar-refractivity contribution in [2.24, 2.45) is 13.0 Å². The predicted molar refractivity (Wildman–Crippen MR) is 84.2 cm³/mol. The number of pyridine rings is 1. The Morgan fingerprint density at radius 3 is 2.95 bits per heavy atom. The summed E-state index contributed by atoms with van der Waals surface area (Å²) in [6, 6.07) is 3.87. The number of hydrogen-bond acceptors (Lipinski definition) is 2. The van der Waals surface area contributed by atoms with E-state index in [1.165, 1.54) is 0 Å². The highest BCUT2D eigenvalue weighted by molar-refractivity contribution is 5.85. The van der Waals surface area contributed by atoms with Crippen LogP contribution < -0.4 is 16.4 Å². The maximum atomic E-state index is 12.3. The third kappa shape index (κ3) is 2.42. The fraction of sp³-hybridized carbons (Fsp3) is 0.250. The second kappa shape index (κ2) is 5.09. The number of fused-ring (bicyclic) bond motifs is 1. The van der Waals surface area contributed by atoms with Gasteiger partial charge < -0.3 is 9.97 Å². The highest BCUT2D eigenvalue weighted by Crippen LogP contribution is 2.15. The Morgan fingerprint density at radius 2 is 2.19 bits per heavy atom. The summed E-state index contributed by atoms with van der Waals surface area (Å²) in [7, 11) is 1.78. The van der Waals surface area contributed by atoms with Gasteiger partial charge in [0.05, 0.1) is 0 Å². The van der Waals surface area contributed by atoms with Crippen LogP contribution in [0.5, 0.6) is 0 Å². The Labute approximate surface area is 121 Å². The third-order valence-electron chi connectivity index (χ3n) is 3.43. The average molecular weight is 282 g/mol. The van der Waals surface area contributed by atoms with E-state index in [4.69, 9.17) is 0 Å². The Bertz CT molecular complexity index is 956. The molecule has 0 aromatic carbocycles. The molecular formula is C16H18N4O. The summed E-state index contributed by atoms with van der Waals surface area (Å²) >= 11 is 0. The molecule has 0 atom stereocenters. The highest BCUT2D eigenvalue weighted by Gasteiger charge is 2.04. The lowest BCUT2D eigenvalue weighted by Crippen LogP contribution is -2.29. The average Bonchev–Trinajstić information content (AvgIpc) is 2.97. The van der Waals surface area contributed by atoms with Gasteiger partial charge in [0.2, 0.25) is 0 Å². The van der Waals surface area contributed by atoms with E-state index in [-0.39, 0.29) is 5.56 Å². The number of aromatic amines is 2. The number of nitrogens with one attached hydrogen (secondary N) is 2. The van der Waals surface area contributed by atoms with Crippen LogP contribution in [-0.2, 0) is 7.05 Å². The number of aromatic nitrogens is 4. The Balaban J connectivity index is 2.23. The first-order valence-corrected chi connectivity index (χ1v) is 6.97. The van der Waals surface area contributed by atoms with Crippen molar-refractivity contribution in [1.29, 1.82) is 0 Å². The molecule has 0 fully saturated rings. The number of H-pyrrole nitrogens is 2. The summed E-state index contributed by atoms with van der Waals surface area (Å²) in [5.74, 6) is 0.374. The van der Waals surface area contributed by atoms with E-state index in [9.17, 15) is 4.79 Å². The lowest BCUT2D eigenvalue weighted by Gasteiger charge is -1.92. The molecule has 0 saturated heterocycles. The van der Waals surface area contributed by atoms with E-state index in [0.29, 0.717) is 11.3 Å². The molecule has 0 unspecified atom stereocenters. The molecule has 0 aliphatic carbocycles. The fourth-order valence-corrected chi connectivity index (χ4v) is 2.38. The minimum absolute atomic E-state index is 0.0276. The summed E-state index contributed by atoms with van der Waals surface area (Å²) < 4.78 is 1.64. The molecule has 0 saturated carbocycles. The molecule has 3 aromatic rings. The van der Waals surface area contributed by atoms with Gasteiger partial charge in [-0.25, -0.2) is 4.98 Å². The van der Waals surface area contributed by atoms with Crippen molar-refractivity contribution in [3.8, 4) is 0 Å². The van der Waals surface area contributed by atoms with Crippen LogP contribution in [0.25, 0.3) is 23.2 Å². The van der Waals surface area contributed by atoms with Gasteiger partial charge in [-0.05, 0) is 30.2 Å². The second-order valence-corrected chi connectivity index (χ2v) is 5.49. The first-order valence-electron chi connectivity index (χ1n) is 6.97. The first kappa shape index (κ1) is 13.4. The molecule has 0 aliphatic heterocycles. The lowest BCUT2D eigenvalue weighted by molar-refractivity contribution is 0.806. The van der Waals surface area contributed by atoms with E-state index in [1.54, 1.807) is 17.8 Å². The first-order chi connectivity index (χ1) is 10.1. The molecular weight excluding hydrogens is 264 g/mol. The Morgan fingerprint density at radius 1 is 1.38 bits per heavy atom. The molecule has 0 spiro atoms. The minimum atomic E-state index is -0.0276. The zero-order chi connectivity index (χ0) is 15.0. The summed E-state index contributed by atoms with van der Waals surface area (Å²) in [6.07, 6.45) is 7.51. The molecule has 21 heavy (non-hydrogen) atoms. The maximum absolute atomic E-state index is 12.3. The number of imidazole rings is 1. The van der Waals surface area contributed by atoms with Gasteiger partial charge in [-0.1, -0.05) is 13.8 Å². The Hall–Kier alpha value is -2.56. The van der Waals surface area contributed by atoms with Crippen LogP contribution in [0, 0.1) is 5.92 Å². The molecule has 5 nitrogen and oxygen atoms in total. The largest absolute Gasteiger partial charge is 0.346 e.